The van der Waals surface area contributed by atoms with Crippen LogP contribution in [0.3, 0.4) is 0 Å². The molecule has 3 atom stereocenters. The molecule has 0 bridgehead atoms. The van der Waals surface area contributed by atoms with Gasteiger partial charge in [0.2, 0.25) is 0 Å². The number of nitrogens with zero attached hydrogens (tertiary/aromatic N) is 5. The maximum absolute atomic E-state index is 6.61. The van der Waals surface area contributed by atoms with Gasteiger partial charge in [-0.2, -0.15) is 13.3 Å². The van der Waals surface area contributed by atoms with Crippen LogP contribution in [0.4, 0.5) is 11.4 Å². The van der Waals surface area contributed by atoms with E-state index in [0.717, 1.165) is 95.3 Å². The Morgan fingerprint density at radius 1 is 0.567 bits per heavy atom. The summed E-state index contributed by atoms with van der Waals surface area (Å²) in [5, 5.41) is 4.58. The van der Waals surface area contributed by atoms with Crippen LogP contribution in [0.15, 0.2) is 161 Å². The number of hydrogen-bond donors (Lipinski definition) is 0. The summed E-state index contributed by atoms with van der Waals surface area (Å²) < 4.78 is 12.7. The molecule has 4 aliphatic rings. The number of rotatable bonds is 6. The number of furan rings is 2. The summed E-state index contributed by atoms with van der Waals surface area (Å²) in [4.78, 5) is 13.2. The minimum atomic E-state index is 0. The van der Waals surface area contributed by atoms with Crippen LogP contribution in [0.2, 0.25) is 0 Å². The number of anilines is 2. The zero-order valence-electron chi connectivity index (χ0n) is 37.7. The van der Waals surface area contributed by atoms with Crippen LogP contribution >= 0.6 is 0 Å². The van der Waals surface area contributed by atoms with Gasteiger partial charge in [0, 0.05) is 41.8 Å². The number of pyridine rings is 1. The van der Waals surface area contributed by atoms with Crippen molar-refractivity contribution in [3.05, 3.63) is 189 Å². The first kappa shape index (κ1) is 43.0. The van der Waals surface area contributed by atoms with Crippen LogP contribution in [0.5, 0.6) is 0 Å². The first-order valence-electron chi connectivity index (χ1n) is 23.3. The Kier molecular flexibility index (Phi) is 11.7. The molecule has 9 aromatic rings. The van der Waals surface area contributed by atoms with E-state index in [1.54, 1.807) is 0 Å². The van der Waals surface area contributed by atoms with Gasteiger partial charge in [-0.05, 0) is 128 Å². The summed E-state index contributed by atoms with van der Waals surface area (Å²) in [6, 6.07) is 54.0. The fourth-order valence-corrected chi connectivity index (χ4v) is 10.7. The Labute approximate surface area is 406 Å². The summed E-state index contributed by atoms with van der Waals surface area (Å²) in [5.74, 6) is 2.57. The molecular weight excluding hydrogens is 1000 g/mol. The third kappa shape index (κ3) is 8.43. The minimum absolute atomic E-state index is 0. The third-order valence-corrected chi connectivity index (χ3v) is 14.1. The van der Waals surface area contributed by atoms with E-state index < -0.39 is 0 Å². The summed E-state index contributed by atoms with van der Waals surface area (Å²) in [5.41, 5.74) is 12.9. The van der Waals surface area contributed by atoms with Gasteiger partial charge in [0.15, 0.2) is 0 Å². The van der Waals surface area contributed by atoms with Crippen molar-refractivity contribution in [2.45, 2.75) is 50.9 Å². The molecule has 8 heteroatoms. The van der Waals surface area contributed by atoms with Gasteiger partial charge >= 0.3 is 0 Å². The molecule has 0 saturated heterocycles. The average molecular weight is 1050 g/mol. The molecule has 13 rings (SSSR count). The zero-order chi connectivity index (χ0) is 44.1. The summed E-state index contributed by atoms with van der Waals surface area (Å²) in [6.07, 6.45) is 18.1. The second kappa shape index (κ2) is 18.2. The van der Waals surface area contributed by atoms with Gasteiger partial charge < -0.3 is 33.4 Å². The Bertz CT molecular complexity index is 3230. The second-order valence-corrected chi connectivity index (χ2v) is 18.4. The molecule has 0 amide bonds. The van der Waals surface area contributed by atoms with E-state index in [4.69, 9.17) is 13.8 Å². The topological polar surface area (TPSA) is 52.1 Å². The van der Waals surface area contributed by atoms with Crippen molar-refractivity contribution in [2.75, 3.05) is 23.9 Å². The van der Waals surface area contributed by atoms with Gasteiger partial charge in [-0.1, -0.05) is 85.3 Å². The molecule has 337 valence electrons. The van der Waals surface area contributed by atoms with Crippen LogP contribution in [-0.4, -0.2) is 28.9 Å². The quantitative estimate of drug-likeness (QED) is 0.154. The number of fused-ring (bicyclic) bond motifs is 7. The van der Waals surface area contributed by atoms with E-state index in [-0.39, 0.29) is 20.1 Å². The van der Waals surface area contributed by atoms with Gasteiger partial charge in [-0.25, -0.2) is 0 Å². The average Bonchev–Trinajstić information content (AvgIpc) is 4.19. The van der Waals surface area contributed by atoms with Gasteiger partial charge in [0.1, 0.15) is 16.7 Å². The fraction of sp³-hybridized carbons (Fsp3) is 0.203. The predicted octanol–water partition coefficient (Wildman–Crippen LogP) is 14.7. The van der Waals surface area contributed by atoms with Crippen molar-refractivity contribution < 1.29 is 28.9 Å². The first-order chi connectivity index (χ1) is 32.5. The molecular formula is C59H50IrN5O2-5. The van der Waals surface area contributed by atoms with Crippen molar-refractivity contribution in [2.24, 2.45) is 11.8 Å². The Hall–Kier alpha value is -6.60. The third-order valence-electron chi connectivity index (χ3n) is 14.1. The molecule has 2 fully saturated rings. The summed E-state index contributed by atoms with van der Waals surface area (Å²) in [7, 11) is 4.08. The van der Waals surface area contributed by atoms with Gasteiger partial charge in [0.25, 0.3) is 0 Å². The van der Waals surface area contributed by atoms with Crippen LogP contribution in [0.1, 0.15) is 56.4 Å². The molecule has 0 spiro atoms. The van der Waals surface area contributed by atoms with Crippen molar-refractivity contribution in [3.8, 4) is 33.6 Å². The molecule has 2 saturated carbocycles. The maximum Gasteiger partial charge on any atom is 0.136 e. The van der Waals surface area contributed by atoms with E-state index in [9.17, 15) is 0 Å². The number of benzene rings is 6. The molecule has 5 heterocycles. The van der Waals surface area contributed by atoms with E-state index in [1.807, 2.05) is 103 Å². The zero-order valence-corrected chi connectivity index (χ0v) is 40.1. The molecule has 67 heavy (non-hydrogen) atoms. The SMILES string of the molecule is CN1C=CN(c2[c-]c(N3C=CN(C)[CH-]3)c3oc4cc(C5CCC6CCCCC6C5)ccc4c3c2)[CH-]1.[Ir].[c-]1ccccc1-c1cc(-c2ccc3c(c2)oc2ccccc23)cc(-c2[c-]cccc2)n1. The Morgan fingerprint density at radius 2 is 1.22 bits per heavy atom. The minimum Gasteiger partial charge on any atom is -0.514 e. The monoisotopic (exact) mass is 1050 g/mol. The Morgan fingerprint density at radius 3 is 1.94 bits per heavy atom. The molecule has 2 aliphatic carbocycles. The van der Waals surface area contributed by atoms with Crippen molar-refractivity contribution in [1.29, 1.82) is 0 Å². The standard InChI is InChI=1S/C30H33N4O.C29H17NO.Ir/c1-31-11-13-33(19-31)25-17-27-26-10-9-24(23-8-7-21-5-3-4-6-22(21)15-23)16-29(26)35-30(27)28(18-25)34-14-12-32(2)20-34;1-3-9-20(10-4-1)26-17-23(18-27(30-26)21-11-5-2-6-12-21)22-15-16-25-24-13-7-8-14-28(24)31-29(25)19-22;/h9-14,16-17,19-23H,3-8,15H2,1-2H3;1-9,11,13-19H;/q-3;-2;. The normalized spacial score (nSPS) is 19.0. The Balaban J connectivity index is 0.000000146. The molecule has 3 unspecified atom stereocenters. The molecule has 7 nitrogen and oxygen atoms in total. The number of hydrogen-bond acceptors (Lipinski definition) is 7. The van der Waals surface area contributed by atoms with Crippen molar-refractivity contribution in [1.82, 2.24) is 14.8 Å². The van der Waals surface area contributed by atoms with E-state index >= 15 is 0 Å². The molecule has 2 aliphatic heterocycles. The summed E-state index contributed by atoms with van der Waals surface area (Å²) >= 11 is 0. The van der Waals surface area contributed by atoms with Gasteiger partial charge in [-0.3, -0.25) is 0 Å². The smallest absolute Gasteiger partial charge is 0.136 e. The first-order valence-corrected chi connectivity index (χ1v) is 23.3. The molecule has 3 aromatic heterocycles. The van der Waals surface area contributed by atoms with E-state index in [1.165, 1.54) is 55.9 Å². The van der Waals surface area contributed by atoms with Crippen molar-refractivity contribution in [3.63, 3.8) is 0 Å². The number of para-hydroxylation sites is 1. The van der Waals surface area contributed by atoms with E-state index in [2.05, 4.69) is 114 Å². The molecule has 1 radical (unpaired) electrons. The predicted molar refractivity (Wildman–Crippen MR) is 267 cm³/mol. The van der Waals surface area contributed by atoms with Gasteiger partial charge in [0.05, 0.1) is 0 Å². The fourth-order valence-electron chi connectivity index (χ4n) is 10.7. The van der Waals surface area contributed by atoms with Crippen LogP contribution in [0, 0.1) is 43.4 Å². The van der Waals surface area contributed by atoms with Crippen LogP contribution in [-0.2, 0) is 20.1 Å². The van der Waals surface area contributed by atoms with Crippen LogP contribution < -0.4 is 9.80 Å². The maximum atomic E-state index is 6.61. The largest absolute Gasteiger partial charge is 0.514 e. The molecule has 0 N–H and O–H groups in total. The van der Waals surface area contributed by atoms with Crippen LogP contribution in [0.25, 0.3) is 77.5 Å². The molecule has 6 aromatic carbocycles. The number of aromatic nitrogens is 1. The van der Waals surface area contributed by atoms with Crippen molar-refractivity contribution >= 4 is 55.3 Å². The summed E-state index contributed by atoms with van der Waals surface area (Å²) in [6.45, 7) is 4.13. The van der Waals surface area contributed by atoms with E-state index in [0.29, 0.717) is 5.92 Å². The second-order valence-electron chi connectivity index (χ2n) is 18.4. The van der Waals surface area contributed by atoms with Gasteiger partial charge in [-0.15, -0.1) is 89.6 Å².